The lowest BCUT2D eigenvalue weighted by atomic mass is 10.2. The molecule has 1 aromatic rings. The number of anilines is 1. The van der Waals surface area contributed by atoms with Crippen LogP contribution in [0.4, 0.5) is 5.69 Å². The first kappa shape index (κ1) is 16.6. The maximum atomic E-state index is 12.0. The van der Waals surface area contributed by atoms with Gasteiger partial charge in [0.1, 0.15) is 0 Å². The molecular formula is C14H16ClN3O3S. The highest BCUT2D eigenvalue weighted by Gasteiger charge is 2.29. The monoisotopic (exact) mass is 341 g/mol. The van der Waals surface area contributed by atoms with Crippen LogP contribution >= 0.6 is 23.4 Å². The number of amides is 3. The summed E-state index contributed by atoms with van der Waals surface area (Å²) < 4.78 is 0. The second-order valence-corrected chi connectivity index (χ2v) is 6.81. The average molecular weight is 342 g/mol. The molecule has 1 aliphatic heterocycles. The number of hydrazine groups is 1. The van der Waals surface area contributed by atoms with E-state index in [2.05, 4.69) is 16.2 Å². The summed E-state index contributed by atoms with van der Waals surface area (Å²) >= 11 is 7.18. The van der Waals surface area contributed by atoms with Crippen LogP contribution in [-0.2, 0) is 14.4 Å². The minimum absolute atomic E-state index is 0.0308. The molecule has 1 aliphatic rings. The number of benzene rings is 1. The van der Waals surface area contributed by atoms with Crippen molar-refractivity contribution in [1.82, 2.24) is 10.9 Å². The highest BCUT2D eigenvalue weighted by Crippen LogP contribution is 2.38. The van der Waals surface area contributed by atoms with E-state index in [0.717, 1.165) is 4.90 Å². The minimum atomic E-state index is -0.551. The van der Waals surface area contributed by atoms with E-state index in [4.69, 9.17) is 11.6 Å². The van der Waals surface area contributed by atoms with Crippen LogP contribution in [0.15, 0.2) is 23.1 Å². The van der Waals surface area contributed by atoms with E-state index in [9.17, 15) is 14.4 Å². The van der Waals surface area contributed by atoms with E-state index in [1.165, 1.54) is 11.8 Å². The van der Waals surface area contributed by atoms with Crippen LogP contribution in [0.1, 0.15) is 20.3 Å². The van der Waals surface area contributed by atoms with Crippen molar-refractivity contribution in [2.24, 2.45) is 5.92 Å². The number of carbonyl (C=O) groups is 3. The van der Waals surface area contributed by atoms with Gasteiger partial charge < -0.3 is 5.32 Å². The SMILES string of the molecule is CC(C)C(=O)NNC(=O)CC1Sc2ccc(Cl)cc2NC1=O. The van der Waals surface area contributed by atoms with Gasteiger partial charge in [-0.25, -0.2) is 0 Å². The van der Waals surface area contributed by atoms with E-state index in [1.54, 1.807) is 32.0 Å². The molecule has 1 atom stereocenters. The fourth-order valence-corrected chi connectivity index (χ4v) is 3.01. The summed E-state index contributed by atoms with van der Waals surface area (Å²) in [6.45, 7) is 3.43. The number of fused-ring (bicyclic) bond motifs is 1. The molecular weight excluding hydrogens is 326 g/mol. The van der Waals surface area contributed by atoms with Crippen molar-refractivity contribution in [1.29, 1.82) is 0 Å². The highest BCUT2D eigenvalue weighted by molar-refractivity contribution is 8.01. The molecule has 0 saturated heterocycles. The fraction of sp³-hybridized carbons (Fsp3) is 0.357. The third-order valence-electron chi connectivity index (χ3n) is 2.98. The van der Waals surface area contributed by atoms with Gasteiger partial charge in [-0.1, -0.05) is 25.4 Å². The number of hydrogen-bond donors (Lipinski definition) is 3. The number of carbonyl (C=O) groups excluding carboxylic acids is 3. The molecule has 1 aromatic carbocycles. The first-order chi connectivity index (χ1) is 10.4. The Labute approximate surface area is 137 Å². The number of hydrogen-bond acceptors (Lipinski definition) is 4. The Morgan fingerprint density at radius 3 is 2.77 bits per heavy atom. The predicted molar refractivity (Wildman–Crippen MR) is 85.5 cm³/mol. The van der Waals surface area contributed by atoms with Crippen LogP contribution in [-0.4, -0.2) is 23.0 Å². The minimum Gasteiger partial charge on any atom is -0.324 e. The molecule has 1 unspecified atom stereocenters. The molecule has 0 fully saturated rings. The van der Waals surface area contributed by atoms with Crippen LogP contribution < -0.4 is 16.2 Å². The second-order valence-electron chi connectivity index (χ2n) is 5.13. The summed E-state index contributed by atoms with van der Waals surface area (Å²) in [7, 11) is 0. The Bertz CT molecular complexity index is 621. The van der Waals surface area contributed by atoms with Crippen LogP contribution in [0, 0.1) is 5.92 Å². The summed E-state index contributed by atoms with van der Waals surface area (Å²) in [6.07, 6.45) is -0.0308. The molecule has 3 amide bonds. The Hall–Kier alpha value is -1.73. The Morgan fingerprint density at radius 1 is 1.36 bits per heavy atom. The van der Waals surface area contributed by atoms with Gasteiger partial charge in [-0.05, 0) is 18.2 Å². The van der Waals surface area contributed by atoms with Crippen LogP contribution in [0.2, 0.25) is 5.02 Å². The van der Waals surface area contributed by atoms with Gasteiger partial charge in [-0.2, -0.15) is 0 Å². The Morgan fingerprint density at radius 2 is 2.09 bits per heavy atom. The summed E-state index contributed by atoms with van der Waals surface area (Å²) in [4.78, 5) is 36.0. The smallest absolute Gasteiger partial charge is 0.240 e. The third-order valence-corrected chi connectivity index (χ3v) is 4.49. The molecule has 8 heteroatoms. The van der Waals surface area contributed by atoms with Gasteiger partial charge in [0.05, 0.1) is 10.9 Å². The molecule has 0 saturated carbocycles. The van der Waals surface area contributed by atoms with E-state index < -0.39 is 11.2 Å². The fourth-order valence-electron chi connectivity index (χ4n) is 1.75. The molecule has 0 radical (unpaired) electrons. The van der Waals surface area contributed by atoms with Gasteiger partial charge in [0.2, 0.25) is 17.7 Å². The van der Waals surface area contributed by atoms with Crippen LogP contribution in [0.5, 0.6) is 0 Å². The van der Waals surface area contributed by atoms with E-state index >= 15 is 0 Å². The number of halogens is 1. The molecule has 0 bridgehead atoms. The van der Waals surface area contributed by atoms with Crippen molar-refractivity contribution in [3.05, 3.63) is 23.2 Å². The lowest BCUT2D eigenvalue weighted by molar-refractivity contribution is -0.131. The van der Waals surface area contributed by atoms with Crippen molar-refractivity contribution in [2.75, 3.05) is 5.32 Å². The van der Waals surface area contributed by atoms with Gasteiger partial charge >= 0.3 is 0 Å². The van der Waals surface area contributed by atoms with Crippen molar-refractivity contribution in [2.45, 2.75) is 30.4 Å². The highest BCUT2D eigenvalue weighted by atomic mass is 35.5. The normalized spacial score (nSPS) is 16.7. The molecule has 1 heterocycles. The van der Waals surface area contributed by atoms with Gasteiger partial charge in [-0.3, -0.25) is 25.2 Å². The first-order valence-electron chi connectivity index (χ1n) is 6.72. The third kappa shape index (κ3) is 4.14. The quantitative estimate of drug-likeness (QED) is 0.733. The number of rotatable bonds is 3. The van der Waals surface area contributed by atoms with Crippen molar-refractivity contribution in [3.63, 3.8) is 0 Å². The summed E-state index contributed by atoms with van der Waals surface area (Å²) in [5.74, 6) is -1.19. The molecule has 118 valence electrons. The standard InChI is InChI=1S/C14H16ClN3O3S/c1-7(2)13(20)18-17-12(19)6-11-14(21)16-9-5-8(15)3-4-10(9)22-11/h3-5,7,11H,6H2,1-2H3,(H,16,21)(H,17,19)(H,18,20). The zero-order valence-corrected chi connectivity index (χ0v) is 13.7. The number of nitrogens with one attached hydrogen (secondary N) is 3. The predicted octanol–water partition coefficient (Wildman–Crippen LogP) is 1.95. The summed E-state index contributed by atoms with van der Waals surface area (Å²) in [6, 6.07) is 5.19. The molecule has 6 nitrogen and oxygen atoms in total. The van der Waals surface area contributed by atoms with Gasteiger partial charge in [0.25, 0.3) is 0 Å². The van der Waals surface area contributed by atoms with Crippen molar-refractivity contribution >= 4 is 46.8 Å². The summed E-state index contributed by atoms with van der Waals surface area (Å²) in [5.41, 5.74) is 5.27. The van der Waals surface area contributed by atoms with Gasteiger partial charge in [-0.15, -0.1) is 11.8 Å². The average Bonchev–Trinajstić information content (AvgIpc) is 2.45. The second kappa shape index (κ2) is 7.02. The van der Waals surface area contributed by atoms with E-state index in [1.807, 2.05) is 0 Å². The van der Waals surface area contributed by atoms with E-state index in [0.29, 0.717) is 10.7 Å². The number of thioether (sulfide) groups is 1. The Balaban J connectivity index is 1.93. The molecule has 0 aliphatic carbocycles. The topological polar surface area (TPSA) is 87.3 Å². The lowest BCUT2D eigenvalue weighted by Gasteiger charge is -2.23. The largest absolute Gasteiger partial charge is 0.324 e. The molecule has 0 aromatic heterocycles. The molecule has 2 rings (SSSR count). The summed E-state index contributed by atoms with van der Waals surface area (Å²) in [5, 5.41) is 2.71. The van der Waals surface area contributed by atoms with Crippen molar-refractivity contribution in [3.8, 4) is 0 Å². The van der Waals surface area contributed by atoms with Gasteiger partial charge in [0.15, 0.2) is 0 Å². The molecule has 3 N–H and O–H groups in total. The lowest BCUT2D eigenvalue weighted by Crippen LogP contribution is -2.45. The molecule has 22 heavy (non-hydrogen) atoms. The maximum absolute atomic E-state index is 12.0. The maximum Gasteiger partial charge on any atom is 0.240 e. The van der Waals surface area contributed by atoms with Crippen molar-refractivity contribution < 1.29 is 14.4 Å². The van der Waals surface area contributed by atoms with E-state index in [-0.39, 0.29) is 24.2 Å². The Kier molecular flexibility index (Phi) is 5.31. The van der Waals surface area contributed by atoms with Crippen LogP contribution in [0.25, 0.3) is 0 Å². The zero-order chi connectivity index (χ0) is 16.3. The van der Waals surface area contributed by atoms with Gasteiger partial charge in [0, 0.05) is 22.3 Å². The zero-order valence-electron chi connectivity index (χ0n) is 12.1. The van der Waals surface area contributed by atoms with Crippen LogP contribution in [0.3, 0.4) is 0 Å². The first-order valence-corrected chi connectivity index (χ1v) is 7.98. The molecule has 0 spiro atoms.